The summed E-state index contributed by atoms with van der Waals surface area (Å²) in [5.41, 5.74) is 3.45. The maximum atomic E-state index is 12.9. The molecule has 0 saturated heterocycles. The molecule has 3 aromatic rings. The lowest BCUT2D eigenvalue weighted by Gasteiger charge is -2.32. The Bertz CT molecular complexity index is 902. The summed E-state index contributed by atoms with van der Waals surface area (Å²) in [7, 11) is -2.68. The lowest BCUT2D eigenvalue weighted by atomic mass is 10.2. The monoisotopic (exact) mass is 444 g/mol. The summed E-state index contributed by atoms with van der Waals surface area (Å²) < 4.78 is 11.3. The molecule has 3 rings (SSSR count). The van der Waals surface area contributed by atoms with Crippen LogP contribution < -0.4 is 0 Å². The lowest BCUT2D eigenvalue weighted by Crippen LogP contribution is -2.49. The molecule has 0 aromatic heterocycles. The van der Waals surface area contributed by atoms with Crippen LogP contribution in [0.4, 0.5) is 0 Å². The summed E-state index contributed by atoms with van der Waals surface area (Å²) in [5.74, 6) is -0.879. The van der Waals surface area contributed by atoms with Crippen molar-refractivity contribution in [3.8, 4) is 0 Å². The zero-order valence-electron chi connectivity index (χ0n) is 18.1. The third-order valence-electron chi connectivity index (χ3n) is 5.15. The van der Waals surface area contributed by atoms with Gasteiger partial charge in [0.05, 0.1) is 6.42 Å². The standard InChI is InChI=1S/C27H28O4Si/c1-2-26(28)30-19-18-27(29)31-32(20-23-12-6-3-7-13-23,21-24-14-8-4-9-15-24)22-25-16-10-5-11-17-25/h2-17H,1,18-22H2. The summed E-state index contributed by atoms with van der Waals surface area (Å²) in [5, 5.41) is 0. The number of benzene rings is 3. The molecule has 0 spiro atoms. The van der Waals surface area contributed by atoms with Crippen LogP contribution in [0, 0.1) is 0 Å². The Morgan fingerprint density at radius 2 is 1.12 bits per heavy atom. The molecule has 0 aliphatic carbocycles. The SMILES string of the molecule is C=CC(=O)OCCC(=O)O[Si](Cc1ccccc1)(Cc1ccccc1)Cc1ccccc1. The second-order valence-corrected chi connectivity index (χ2v) is 11.4. The maximum Gasteiger partial charge on any atom is 0.330 e. The number of hydrogen-bond acceptors (Lipinski definition) is 4. The van der Waals surface area contributed by atoms with Crippen molar-refractivity contribution >= 4 is 20.3 Å². The van der Waals surface area contributed by atoms with Crippen LogP contribution in [0.3, 0.4) is 0 Å². The summed E-state index contributed by atoms with van der Waals surface area (Å²) in [6.45, 7) is 3.36. The van der Waals surface area contributed by atoms with Crippen molar-refractivity contribution in [2.24, 2.45) is 0 Å². The summed E-state index contributed by atoms with van der Waals surface area (Å²) in [6, 6.07) is 32.6. The topological polar surface area (TPSA) is 52.6 Å². The number of rotatable bonds is 11. The minimum atomic E-state index is -2.68. The van der Waals surface area contributed by atoms with Gasteiger partial charge in [0.15, 0.2) is 0 Å². The Morgan fingerprint density at radius 1 is 0.719 bits per heavy atom. The van der Waals surface area contributed by atoms with Crippen LogP contribution in [0.2, 0.25) is 0 Å². The van der Waals surface area contributed by atoms with Gasteiger partial charge in [-0.1, -0.05) is 97.6 Å². The molecular formula is C27H28O4Si. The van der Waals surface area contributed by atoms with Crippen molar-refractivity contribution in [1.29, 1.82) is 0 Å². The third kappa shape index (κ3) is 7.36. The molecule has 0 saturated carbocycles. The number of ether oxygens (including phenoxy) is 1. The van der Waals surface area contributed by atoms with E-state index in [0.717, 1.165) is 22.8 Å². The molecular weight excluding hydrogens is 416 g/mol. The van der Waals surface area contributed by atoms with Crippen LogP contribution in [0.15, 0.2) is 104 Å². The molecule has 4 nitrogen and oxygen atoms in total. The first-order valence-electron chi connectivity index (χ1n) is 10.7. The van der Waals surface area contributed by atoms with E-state index in [0.29, 0.717) is 18.1 Å². The molecule has 0 N–H and O–H groups in total. The molecule has 5 heteroatoms. The normalized spacial score (nSPS) is 10.9. The molecule has 0 amide bonds. The molecule has 0 heterocycles. The first-order chi connectivity index (χ1) is 15.6. The van der Waals surface area contributed by atoms with Gasteiger partial charge in [-0.3, -0.25) is 4.79 Å². The molecule has 0 bridgehead atoms. The predicted octanol–water partition coefficient (Wildman–Crippen LogP) is 4.94. The molecule has 32 heavy (non-hydrogen) atoms. The van der Waals surface area contributed by atoms with E-state index in [9.17, 15) is 9.59 Å². The highest BCUT2D eigenvalue weighted by Gasteiger charge is 2.39. The van der Waals surface area contributed by atoms with E-state index in [1.807, 2.05) is 54.6 Å². The van der Waals surface area contributed by atoms with Crippen molar-refractivity contribution in [1.82, 2.24) is 0 Å². The Kier molecular flexibility index (Phi) is 8.58. The van der Waals surface area contributed by atoms with Crippen molar-refractivity contribution < 1.29 is 18.8 Å². The first-order valence-corrected chi connectivity index (χ1v) is 13.2. The number of esters is 1. The van der Waals surface area contributed by atoms with E-state index < -0.39 is 14.3 Å². The Morgan fingerprint density at radius 3 is 1.50 bits per heavy atom. The average Bonchev–Trinajstić information content (AvgIpc) is 2.80. The summed E-state index contributed by atoms with van der Waals surface area (Å²) in [4.78, 5) is 24.2. The molecule has 0 radical (unpaired) electrons. The van der Waals surface area contributed by atoms with Gasteiger partial charge in [-0.2, -0.15) is 0 Å². The van der Waals surface area contributed by atoms with Gasteiger partial charge in [0.25, 0.3) is 14.3 Å². The predicted molar refractivity (Wildman–Crippen MR) is 128 cm³/mol. The van der Waals surface area contributed by atoms with Gasteiger partial charge in [-0.05, 0) is 16.7 Å². The van der Waals surface area contributed by atoms with Crippen LogP contribution in [0.5, 0.6) is 0 Å². The quantitative estimate of drug-likeness (QED) is 0.239. The molecule has 0 aliphatic heterocycles. The van der Waals surface area contributed by atoms with Gasteiger partial charge in [0.1, 0.15) is 6.61 Å². The largest absolute Gasteiger partial charge is 0.518 e. The minimum absolute atomic E-state index is 0.0177. The van der Waals surface area contributed by atoms with Gasteiger partial charge in [-0.15, -0.1) is 0 Å². The first kappa shape index (κ1) is 23.2. The van der Waals surface area contributed by atoms with Crippen LogP contribution in [-0.4, -0.2) is 26.9 Å². The van der Waals surface area contributed by atoms with Crippen molar-refractivity contribution in [3.63, 3.8) is 0 Å². The van der Waals surface area contributed by atoms with Gasteiger partial charge < -0.3 is 9.16 Å². The Hall–Kier alpha value is -3.44. The third-order valence-corrected chi connectivity index (χ3v) is 8.97. The lowest BCUT2D eigenvalue weighted by molar-refractivity contribution is -0.141. The zero-order chi connectivity index (χ0) is 22.7. The summed E-state index contributed by atoms with van der Waals surface area (Å²) >= 11 is 0. The minimum Gasteiger partial charge on any atom is -0.518 e. The fraction of sp³-hybridized carbons (Fsp3) is 0.185. The summed E-state index contributed by atoms with van der Waals surface area (Å²) in [6.07, 6.45) is 1.11. The Labute approximate surface area is 190 Å². The van der Waals surface area contributed by atoms with E-state index in [1.54, 1.807) is 0 Å². The second-order valence-electron chi connectivity index (χ2n) is 7.77. The van der Waals surface area contributed by atoms with Crippen LogP contribution in [-0.2, 0) is 36.9 Å². The van der Waals surface area contributed by atoms with E-state index in [4.69, 9.17) is 9.16 Å². The smallest absolute Gasteiger partial charge is 0.330 e. The maximum absolute atomic E-state index is 12.9. The number of carbonyl (C=O) groups excluding carboxylic acids is 2. The van der Waals surface area contributed by atoms with Gasteiger partial charge >= 0.3 is 5.97 Å². The van der Waals surface area contributed by atoms with Gasteiger partial charge in [0.2, 0.25) is 0 Å². The van der Waals surface area contributed by atoms with Gasteiger partial charge in [0, 0.05) is 24.2 Å². The fourth-order valence-corrected chi connectivity index (χ4v) is 7.90. The highest BCUT2D eigenvalue weighted by molar-refractivity contribution is 6.73. The van der Waals surface area contributed by atoms with Crippen LogP contribution in [0.1, 0.15) is 23.1 Å². The van der Waals surface area contributed by atoms with Crippen LogP contribution >= 0.6 is 0 Å². The van der Waals surface area contributed by atoms with Crippen molar-refractivity contribution in [2.75, 3.05) is 6.61 Å². The second kappa shape index (κ2) is 11.8. The highest BCUT2D eigenvalue weighted by atomic mass is 28.4. The van der Waals surface area contributed by atoms with E-state index >= 15 is 0 Å². The average molecular weight is 445 g/mol. The molecule has 164 valence electrons. The number of hydrogen-bond donors (Lipinski definition) is 0. The van der Waals surface area contributed by atoms with Gasteiger partial charge in [-0.25, -0.2) is 4.79 Å². The fourth-order valence-electron chi connectivity index (χ4n) is 3.79. The van der Waals surface area contributed by atoms with E-state index in [1.165, 1.54) is 0 Å². The van der Waals surface area contributed by atoms with Crippen molar-refractivity contribution in [3.05, 3.63) is 120 Å². The number of carbonyl (C=O) groups is 2. The van der Waals surface area contributed by atoms with Crippen molar-refractivity contribution in [2.45, 2.75) is 24.6 Å². The van der Waals surface area contributed by atoms with E-state index in [-0.39, 0.29) is 19.0 Å². The Balaban J connectivity index is 1.89. The molecule has 0 fully saturated rings. The molecule has 0 atom stereocenters. The molecule has 3 aromatic carbocycles. The van der Waals surface area contributed by atoms with E-state index in [2.05, 4.69) is 43.0 Å². The highest BCUT2D eigenvalue weighted by Crippen LogP contribution is 2.24. The van der Waals surface area contributed by atoms with Crippen LogP contribution in [0.25, 0.3) is 0 Å². The zero-order valence-corrected chi connectivity index (χ0v) is 19.1. The molecule has 0 unspecified atom stereocenters. The molecule has 0 aliphatic rings.